The van der Waals surface area contributed by atoms with Gasteiger partial charge < -0.3 is 4.74 Å². The van der Waals surface area contributed by atoms with Gasteiger partial charge in [-0.2, -0.15) is 0 Å². The summed E-state index contributed by atoms with van der Waals surface area (Å²) in [6.07, 6.45) is 0.729. The topological polar surface area (TPSA) is 78.2 Å². The predicted molar refractivity (Wildman–Crippen MR) is 71.7 cm³/mol. The van der Waals surface area contributed by atoms with E-state index in [2.05, 4.69) is 10.2 Å². The smallest absolute Gasteiger partial charge is 0.311 e. The number of halogens is 1. The molecule has 0 aliphatic rings. The summed E-state index contributed by atoms with van der Waals surface area (Å²) < 4.78 is 5.72. The average molecular weight is 300 g/mol. The van der Waals surface area contributed by atoms with E-state index in [0.717, 1.165) is 12.0 Å². The van der Waals surface area contributed by atoms with Crippen LogP contribution in [-0.4, -0.2) is 15.1 Å². The fourth-order valence-electron chi connectivity index (χ4n) is 1.48. The molecule has 2 aromatic rings. The Hall–Kier alpha value is -1.73. The number of ether oxygens (including phenoxy) is 1. The van der Waals surface area contributed by atoms with Crippen molar-refractivity contribution in [3.63, 3.8) is 0 Å². The first-order valence-corrected chi connectivity index (χ1v) is 6.67. The Balaban J connectivity index is 2.17. The number of hydrogen-bond acceptors (Lipinski definition) is 6. The maximum Gasteiger partial charge on any atom is 0.311 e. The van der Waals surface area contributed by atoms with Crippen LogP contribution in [0.25, 0.3) is 0 Å². The summed E-state index contributed by atoms with van der Waals surface area (Å²) in [4.78, 5) is 10.5. The molecule has 19 heavy (non-hydrogen) atoms. The molecule has 0 aliphatic heterocycles. The highest BCUT2D eigenvalue weighted by molar-refractivity contribution is 7.15. The van der Waals surface area contributed by atoms with E-state index in [4.69, 9.17) is 16.3 Å². The molecule has 0 amide bonds. The molecule has 1 aromatic heterocycles. The third kappa shape index (κ3) is 3.39. The normalized spacial score (nSPS) is 10.4. The Morgan fingerprint density at radius 2 is 2.26 bits per heavy atom. The van der Waals surface area contributed by atoms with Gasteiger partial charge in [0.05, 0.1) is 4.92 Å². The summed E-state index contributed by atoms with van der Waals surface area (Å²) in [5.41, 5.74) is 0.841. The van der Waals surface area contributed by atoms with Crippen LogP contribution in [0.3, 0.4) is 0 Å². The molecule has 0 N–H and O–H groups in total. The Morgan fingerprint density at radius 1 is 1.47 bits per heavy atom. The second-order valence-electron chi connectivity index (χ2n) is 3.65. The van der Waals surface area contributed by atoms with E-state index in [9.17, 15) is 10.1 Å². The molecular weight excluding hydrogens is 290 g/mol. The van der Waals surface area contributed by atoms with Crippen LogP contribution in [0, 0.1) is 10.1 Å². The lowest BCUT2D eigenvalue weighted by atomic mass is 10.1. The minimum atomic E-state index is -0.457. The van der Waals surface area contributed by atoms with Crippen LogP contribution < -0.4 is 4.74 Å². The van der Waals surface area contributed by atoms with Crippen LogP contribution in [0.2, 0.25) is 4.47 Å². The van der Waals surface area contributed by atoms with Crippen molar-refractivity contribution in [3.8, 4) is 5.75 Å². The number of aromatic nitrogens is 2. The molecule has 0 aliphatic carbocycles. The first-order valence-electron chi connectivity index (χ1n) is 5.48. The molecular formula is C11H10ClN3O3S. The molecule has 0 saturated heterocycles. The first kappa shape index (κ1) is 13.7. The van der Waals surface area contributed by atoms with Crippen molar-refractivity contribution < 1.29 is 9.66 Å². The Labute approximate surface area is 118 Å². The van der Waals surface area contributed by atoms with Crippen molar-refractivity contribution in [1.29, 1.82) is 0 Å². The highest BCUT2D eigenvalue weighted by Crippen LogP contribution is 2.29. The molecule has 0 bridgehead atoms. The average Bonchev–Trinajstić information content (AvgIpc) is 2.82. The van der Waals surface area contributed by atoms with Gasteiger partial charge in [-0.25, -0.2) is 0 Å². The minimum absolute atomic E-state index is 0.0463. The molecule has 0 atom stereocenters. The lowest BCUT2D eigenvalue weighted by Gasteiger charge is -2.05. The van der Waals surface area contributed by atoms with Gasteiger partial charge in [0.15, 0.2) is 10.8 Å². The minimum Gasteiger partial charge on any atom is -0.479 e. The lowest BCUT2D eigenvalue weighted by molar-refractivity contribution is -0.386. The number of nitrogens with zero attached hydrogens (tertiary/aromatic N) is 3. The lowest BCUT2D eigenvalue weighted by Crippen LogP contribution is -1.99. The number of hydrogen-bond donors (Lipinski definition) is 0. The first-order chi connectivity index (χ1) is 9.10. The number of benzene rings is 1. The van der Waals surface area contributed by atoms with Gasteiger partial charge in [-0.05, 0) is 29.7 Å². The van der Waals surface area contributed by atoms with Gasteiger partial charge >= 0.3 is 5.69 Å². The highest BCUT2D eigenvalue weighted by atomic mass is 35.5. The van der Waals surface area contributed by atoms with Crippen molar-refractivity contribution in [1.82, 2.24) is 10.2 Å². The Kier molecular flexibility index (Phi) is 4.28. The second-order valence-corrected chi connectivity index (χ2v) is 5.29. The highest BCUT2D eigenvalue weighted by Gasteiger charge is 2.16. The van der Waals surface area contributed by atoms with Crippen LogP contribution in [0.1, 0.15) is 17.5 Å². The molecule has 2 rings (SSSR count). The van der Waals surface area contributed by atoms with Crippen molar-refractivity contribution in [2.75, 3.05) is 0 Å². The van der Waals surface area contributed by atoms with Gasteiger partial charge in [-0.3, -0.25) is 10.1 Å². The van der Waals surface area contributed by atoms with Crippen molar-refractivity contribution >= 4 is 28.6 Å². The number of rotatable bonds is 5. The van der Waals surface area contributed by atoms with Gasteiger partial charge in [0.25, 0.3) is 0 Å². The molecule has 100 valence electrons. The summed E-state index contributed by atoms with van der Waals surface area (Å²) in [6.45, 7) is 2.04. The van der Waals surface area contributed by atoms with Gasteiger partial charge in [0.1, 0.15) is 6.61 Å². The summed E-state index contributed by atoms with van der Waals surface area (Å²) in [5, 5.41) is 19.0. The van der Waals surface area contributed by atoms with Crippen LogP contribution in [0.5, 0.6) is 5.75 Å². The summed E-state index contributed by atoms with van der Waals surface area (Å²) in [7, 11) is 0. The molecule has 0 fully saturated rings. The summed E-state index contributed by atoms with van der Waals surface area (Å²) in [5.74, 6) is 0.216. The van der Waals surface area contributed by atoms with Gasteiger partial charge in [0, 0.05) is 6.07 Å². The molecule has 0 spiro atoms. The molecule has 1 aromatic carbocycles. The third-order valence-corrected chi connectivity index (χ3v) is 3.41. The van der Waals surface area contributed by atoms with Crippen LogP contribution in [-0.2, 0) is 13.0 Å². The fraction of sp³-hybridized carbons (Fsp3) is 0.273. The van der Waals surface area contributed by atoms with E-state index in [1.807, 2.05) is 6.92 Å². The van der Waals surface area contributed by atoms with E-state index >= 15 is 0 Å². The molecule has 6 nitrogen and oxygen atoms in total. The quantitative estimate of drug-likeness (QED) is 0.625. The largest absolute Gasteiger partial charge is 0.479 e. The van der Waals surface area contributed by atoms with Crippen molar-refractivity contribution in [2.45, 2.75) is 20.0 Å². The van der Waals surface area contributed by atoms with Gasteiger partial charge in [-0.15, -0.1) is 10.2 Å². The van der Waals surface area contributed by atoms with E-state index in [1.165, 1.54) is 17.4 Å². The zero-order chi connectivity index (χ0) is 13.8. The van der Waals surface area contributed by atoms with Crippen molar-refractivity contribution in [3.05, 3.63) is 43.4 Å². The monoisotopic (exact) mass is 299 g/mol. The SMILES string of the molecule is CCc1ccc(OCc2nnc(Cl)s2)c([N+](=O)[O-])c1. The predicted octanol–water partition coefficient (Wildman–Crippen LogP) is 3.24. The summed E-state index contributed by atoms with van der Waals surface area (Å²) in [6, 6.07) is 4.91. The molecule has 8 heteroatoms. The van der Waals surface area contributed by atoms with Gasteiger partial charge in [-0.1, -0.05) is 24.3 Å². The Bertz CT molecular complexity index is 603. The maximum atomic E-state index is 11.0. The van der Waals surface area contributed by atoms with E-state index in [-0.39, 0.29) is 18.0 Å². The fourth-order valence-corrected chi connectivity index (χ4v) is 2.26. The standard InChI is InChI=1S/C11H10ClN3O3S/c1-2-7-3-4-9(8(5-7)15(16)17)18-6-10-13-14-11(12)19-10/h3-5H,2,6H2,1H3. The summed E-state index contributed by atoms with van der Waals surface area (Å²) >= 11 is 6.82. The number of aryl methyl sites for hydroxylation is 1. The van der Waals surface area contributed by atoms with Crippen LogP contribution in [0.4, 0.5) is 5.69 Å². The zero-order valence-corrected chi connectivity index (χ0v) is 11.6. The number of nitro groups is 1. The molecule has 0 saturated carbocycles. The van der Waals surface area contributed by atoms with Crippen molar-refractivity contribution in [2.24, 2.45) is 0 Å². The maximum absolute atomic E-state index is 11.0. The molecule has 0 unspecified atom stereocenters. The van der Waals surface area contributed by atoms with Crippen LogP contribution >= 0.6 is 22.9 Å². The van der Waals surface area contributed by atoms with E-state index in [1.54, 1.807) is 12.1 Å². The zero-order valence-electron chi connectivity index (χ0n) is 10.00. The Morgan fingerprint density at radius 3 is 2.84 bits per heavy atom. The van der Waals surface area contributed by atoms with Crippen LogP contribution in [0.15, 0.2) is 18.2 Å². The second kappa shape index (κ2) is 5.94. The number of nitro benzene ring substituents is 1. The molecule has 0 radical (unpaired) electrons. The van der Waals surface area contributed by atoms with Gasteiger partial charge in [0.2, 0.25) is 4.47 Å². The molecule has 1 heterocycles. The van der Waals surface area contributed by atoms with E-state index < -0.39 is 4.92 Å². The third-order valence-electron chi connectivity index (χ3n) is 2.42. The van der Waals surface area contributed by atoms with E-state index in [0.29, 0.717) is 9.47 Å².